The van der Waals surface area contributed by atoms with Gasteiger partial charge < -0.3 is 10.2 Å². The van der Waals surface area contributed by atoms with Crippen molar-refractivity contribution < 1.29 is 8.78 Å². The van der Waals surface area contributed by atoms with Crippen molar-refractivity contribution in [2.24, 2.45) is 0 Å². The van der Waals surface area contributed by atoms with E-state index in [9.17, 15) is 8.78 Å². The van der Waals surface area contributed by atoms with E-state index in [0.717, 1.165) is 60.8 Å². The number of rotatable bonds is 8. The molecule has 0 saturated heterocycles. The monoisotopic (exact) mass is 369 g/mol. The van der Waals surface area contributed by atoms with Crippen LogP contribution in [0.2, 0.25) is 0 Å². The highest BCUT2D eigenvalue weighted by atomic mass is 19.1. The molecule has 0 amide bonds. The maximum Gasteiger partial charge on any atom is 0.133 e. The number of hydrogen-bond acceptors (Lipinski definition) is 3. The highest BCUT2D eigenvalue weighted by Gasteiger charge is 2.11. The van der Waals surface area contributed by atoms with Gasteiger partial charge in [-0.25, -0.2) is 13.8 Å². The third-order valence-electron chi connectivity index (χ3n) is 4.81. The summed E-state index contributed by atoms with van der Waals surface area (Å²) >= 11 is 0. The summed E-state index contributed by atoms with van der Waals surface area (Å²) in [5.74, 6) is -0.383. The molecule has 1 N–H and O–H groups in total. The molecule has 0 fully saturated rings. The van der Waals surface area contributed by atoms with Crippen molar-refractivity contribution in [3.8, 4) is 11.1 Å². The van der Waals surface area contributed by atoms with Crippen LogP contribution < -0.4 is 5.32 Å². The maximum absolute atomic E-state index is 13.6. The molecule has 3 aromatic rings. The van der Waals surface area contributed by atoms with Gasteiger partial charge in [0.05, 0.1) is 0 Å². The number of pyridine rings is 1. The summed E-state index contributed by atoms with van der Waals surface area (Å²) in [5, 5.41) is 5.27. The Labute approximate surface area is 159 Å². The van der Waals surface area contributed by atoms with Crippen LogP contribution >= 0.6 is 0 Å². The fraction of sp³-hybridized carbons (Fsp3) is 0.318. The normalized spacial score (nSPS) is 11.3. The molecule has 142 valence electrons. The Bertz CT molecular complexity index is 887. The number of anilines is 1. The zero-order chi connectivity index (χ0) is 19.2. The number of nitrogens with one attached hydrogen (secondary N) is 1. The number of hydrogen-bond donors (Lipinski definition) is 1. The molecule has 0 aliphatic heterocycles. The lowest BCUT2D eigenvalue weighted by atomic mass is 10.00. The predicted molar refractivity (Wildman–Crippen MR) is 108 cm³/mol. The molecule has 0 atom stereocenters. The first-order chi connectivity index (χ1) is 13.1. The minimum absolute atomic E-state index is 0.490. The molecular weight excluding hydrogens is 344 g/mol. The maximum atomic E-state index is 13.6. The Morgan fingerprint density at radius 2 is 1.63 bits per heavy atom. The van der Waals surface area contributed by atoms with Gasteiger partial charge >= 0.3 is 0 Å². The van der Waals surface area contributed by atoms with Crippen LogP contribution in [-0.2, 0) is 0 Å². The van der Waals surface area contributed by atoms with E-state index in [4.69, 9.17) is 0 Å². The highest BCUT2D eigenvalue weighted by Crippen LogP contribution is 2.32. The van der Waals surface area contributed by atoms with Crippen LogP contribution in [0.4, 0.5) is 14.6 Å². The molecule has 0 bridgehead atoms. The first-order valence-corrected chi connectivity index (χ1v) is 9.42. The average Bonchev–Trinajstić information content (AvgIpc) is 2.67. The largest absolute Gasteiger partial charge is 0.370 e. The first kappa shape index (κ1) is 19.2. The van der Waals surface area contributed by atoms with Gasteiger partial charge in [-0.1, -0.05) is 38.1 Å². The van der Waals surface area contributed by atoms with Crippen molar-refractivity contribution in [2.75, 3.05) is 31.5 Å². The molecule has 1 aromatic heterocycles. The van der Waals surface area contributed by atoms with Gasteiger partial charge in [0.25, 0.3) is 0 Å². The van der Waals surface area contributed by atoms with Crippen molar-refractivity contribution in [1.82, 2.24) is 9.88 Å². The number of benzene rings is 2. The summed E-state index contributed by atoms with van der Waals surface area (Å²) in [4.78, 5) is 6.91. The fourth-order valence-corrected chi connectivity index (χ4v) is 3.32. The third kappa shape index (κ3) is 4.61. The molecule has 0 aliphatic carbocycles. The SMILES string of the molecule is CCN(CC)CCCNc1ncc(-c2cc(F)cc(F)c2)c2ccccc12. The van der Waals surface area contributed by atoms with Crippen LogP contribution in [0.25, 0.3) is 21.9 Å². The van der Waals surface area contributed by atoms with Gasteiger partial charge in [0.1, 0.15) is 17.5 Å². The minimum atomic E-state index is -0.590. The van der Waals surface area contributed by atoms with Gasteiger partial charge in [-0.2, -0.15) is 0 Å². The van der Waals surface area contributed by atoms with Gasteiger partial charge in [0, 0.05) is 29.8 Å². The summed E-state index contributed by atoms with van der Waals surface area (Å²) < 4.78 is 27.3. The molecule has 27 heavy (non-hydrogen) atoms. The second-order valence-electron chi connectivity index (χ2n) is 6.53. The second-order valence-corrected chi connectivity index (χ2v) is 6.53. The van der Waals surface area contributed by atoms with Crippen molar-refractivity contribution in [1.29, 1.82) is 0 Å². The molecule has 2 aromatic carbocycles. The van der Waals surface area contributed by atoms with E-state index in [2.05, 4.69) is 29.0 Å². The van der Waals surface area contributed by atoms with Gasteiger partial charge in [-0.05, 0) is 49.1 Å². The average molecular weight is 369 g/mol. The van der Waals surface area contributed by atoms with E-state index < -0.39 is 11.6 Å². The van der Waals surface area contributed by atoms with Gasteiger partial charge in [0.15, 0.2) is 0 Å². The lowest BCUT2D eigenvalue weighted by Gasteiger charge is -2.18. The summed E-state index contributed by atoms with van der Waals surface area (Å²) in [6.07, 6.45) is 2.71. The van der Waals surface area contributed by atoms with E-state index in [0.29, 0.717) is 5.56 Å². The molecule has 0 radical (unpaired) electrons. The smallest absolute Gasteiger partial charge is 0.133 e. The van der Waals surface area contributed by atoms with Crippen LogP contribution in [0.1, 0.15) is 20.3 Å². The third-order valence-corrected chi connectivity index (χ3v) is 4.81. The molecular formula is C22H25F2N3. The molecule has 0 saturated carbocycles. The number of halogens is 2. The zero-order valence-corrected chi connectivity index (χ0v) is 15.8. The molecule has 3 nitrogen and oxygen atoms in total. The van der Waals surface area contributed by atoms with Gasteiger partial charge in [-0.15, -0.1) is 0 Å². The number of nitrogens with zero attached hydrogens (tertiary/aromatic N) is 2. The van der Waals surface area contributed by atoms with Crippen molar-refractivity contribution >= 4 is 16.6 Å². The number of aromatic nitrogens is 1. The van der Waals surface area contributed by atoms with Crippen LogP contribution in [-0.4, -0.2) is 36.1 Å². The standard InChI is InChI=1S/C22H25F2N3/c1-3-27(4-2)11-7-10-25-22-20-9-6-5-8-19(20)21(15-26-22)16-12-17(23)14-18(24)13-16/h5-6,8-9,12-15H,3-4,7,10-11H2,1-2H3,(H,25,26). The fourth-order valence-electron chi connectivity index (χ4n) is 3.32. The van der Waals surface area contributed by atoms with Crippen LogP contribution in [0.15, 0.2) is 48.7 Å². The Hall–Kier alpha value is -2.53. The van der Waals surface area contributed by atoms with Crippen LogP contribution in [0.5, 0.6) is 0 Å². The molecule has 0 unspecified atom stereocenters. The van der Waals surface area contributed by atoms with E-state index in [-0.39, 0.29) is 0 Å². The number of fused-ring (bicyclic) bond motifs is 1. The molecule has 0 aliphatic rings. The lowest BCUT2D eigenvalue weighted by Crippen LogP contribution is -2.25. The quantitative estimate of drug-likeness (QED) is 0.545. The zero-order valence-electron chi connectivity index (χ0n) is 15.8. The first-order valence-electron chi connectivity index (χ1n) is 9.42. The highest BCUT2D eigenvalue weighted by molar-refractivity contribution is 6.01. The molecule has 3 rings (SSSR count). The Morgan fingerprint density at radius 1 is 0.963 bits per heavy atom. The van der Waals surface area contributed by atoms with Crippen molar-refractivity contribution in [3.63, 3.8) is 0 Å². The predicted octanol–water partition coefficient (Wildman–Crippen LogP) is 5.32. The van der Waals surface area contributed by atoms with Gasteiger partial charge in [0.2, 0.25) is 0 Å². The summed E-state index contributed by atoms with van der Waals surface area (Å²) in [6, 6.07) is 11.4. The minimum Gasteiger partial charge on any atom is -0.370 e. The summed E-state index contributed by atoms with van der Waals surface area (Å²) in [6.45, 7) is 8.30. The summed E-state index contributed by atoms with van der Waals surface area (Å²) in [5.41, 5.74) is 1.21. The second kappa shape index (κ2) is 8.91. The molecule has 1 heterocycles. The van der Waals surface area contributed by atoms with Crippen LogP contribution in [0, 0.1) is 11.6 Å². The molecule has 0 spiro atoms. The van der Waals surface area contributed by atoms with Crippen LogP contribution in [0.3, 0.4) is 0 Å². The van der Waals surface area contributed by atoms with E-state index >= 15 is 0 Å². The van der Waals surface area contributed by atoms with Crippen molar-refractivity contribution in [3.05, 3.63) is 60.3 Å². The lowest BCUT2D eigenvalue weighted by molar-refractivity contribution is 0.303. The van der Waals surface area contributed by atoms with E-state index in [1.807, 2.05) is 24.3 Å². The van der Waals surface area contributed by atoms with E-state index in [1.165, 1.54) is 12.1 Å². The Balaban J connectivity index is 1.85. The Kier molecular flexibility index (Phi) is 6.35. The van der Waals surface area contributed by atoms with Crippen molar-refractivity contribution in [2.45, 2.75) is 20.3 Å². The Morgan fingerprint density at radius 3 is 2.30 bits per heavy atom. The van der Waals surface area contributed by atoms with E-state index in [1.54, 1.807) is 6.20 Å². The molecule has 5 heteroatoms. The topological polar surface area (TPSA) is 28.2 Å². The van der Waals surface area contributed by atoms with Gasteiger partial charge in [-0.3, -0.25) is 0 Å². The summed E-state index contributed by atoms with van der Waals surface area (Å²) in [7, 11) is 0.